The van der Waals surface area contributed by atoms with Gasteiger partial charge in [0.25, 0.3) is 0 Å². The summed E-state index contributed by atoms with van der Waals surface area (Å²) >= 11 is 0. The van der Waals surface area contributed by atoms with Crippen LogP contribution in [0.15, 0.2) is 0 Å². The van der Waals surface area contributed by atoms with Crippen LogP contribution in [-0.4, -0.2) is 68.2 Å². The van der Waals surface area contributed by atoms with Crippen molar-refractivity contribution in [2.75, 3.05) is 46.4 Å². The van der Waals surface area contributed by atoms with Gasteiger partial charge in [-0.2, -0.15) is 0 Å². The third-order valence-electron chi connectivity index (χ3n) is 3.82. The van der Waals surface area contributed by atoms with E-state index in [1.54, 1.807) is 0 Å². The molecule has 98 valence electrons. The van der Waals surface area contributed by atoms with E-state index in [-0.39, 0.29) is 18.6 Å². The van der Waals surface area contributed by atoms with Crippen molar-refractivity contribution < 1.29 is 9.53 Å². The van der Waals surface area contributed by atoms with E-state index in [0.717, 1.165) is 45.6 Å². The SMILES string of the molecule is CN1CCN(C(=O)COC2CC(CN)C2)CC1. The highest BCUT2D eigenvalue weighted by atomic mass is 16.5. The van der Waals surface area contributed by atoms with E-state index < -0.39 is 0 Å². The lowest BCUT2D eigenvalue weighted by atomic mass is 9.82. The van der Waals surface area contributed by atoms with E-state index in [4.69, 9.17) is 10.5 Å². The summed E-state index contributed by atoms with van der Waals surface area (Å²) in [5.74, 6) is 0.744. The molecule has 17 heavy (non-hydrogen) atoms. The first-order chi connectivity index (χ1) is 8.19. The van der Waals surface area contributed by atoms with Crippen LogP contribution in [0, 0.1) is 5.92 Å². The molecule has 5 heteroatoms. The first kappa shape index (κ1) is 12.8. The lowest BCUT2D eigenvalue weighted by Gasteiger charge is -2.36. The topological polar surface area (TPSA) is 58.8 Å². The minimum atomic E-state index is 0.134. The van der Waals surface area contributed by atoms with Gasteiger partial charge in [0.05, 0.1) is 6.10 Å². The van der Waals surface area contributed by atoms with Gasteiger partial charge in [-0.1, -0.05) is 0 Å². The summed E-state index contributed by atoms with van der Waals surface area (Å²) in [6, 6.07) is 0. The summed E-state index contributed by atoms with van der Waals surface area (Å²) in [5.41, 5.74) is 5.55. The molecule has 0 aromatic heterocycles. The van der Waals surface area contributed by atoms with Crippen molar-refractivity contribution in [2.24, 2.45) is 11.7 Å². The van der Waals surface area contributed by atoms with Crippen LogP contribution in [0.25, 0.3) is 0 Å². The van der Waals surface area contributed by atoms with Gasteiger partial charge < -0.3 is 20.3 Å². The second-order valence-corrected chi connectivity index (χ2v) is 5.19. The first-order valence-electron chi connectivity index (χ1n) is 6.47. The molecule has 1 aliphatic heterocycles. The molecule has 0 spiro atoms. The Balaban J connectivity index is 1.61. The number of nitrogens with zero attached hydrogens (tertiary/aromatic N) is 2. The summed E-state index contributed by atoms with van der Waals surface area (Å²) in [4.78, 5) is 16.0. The average molecular weight is 241 g/mol. The zero-order chi connectivity index (χ0) is 12.3. The number of nitrogens with two attached hydrogens (primary N) is 1. The zero-order valence-electron chi connectivity index (χ0n) is 10.6. The molecule has 1 amide bonds. The highest BCUT2D eigenvalue weighted by molar-refractivity contribution is 5.77. The first-order valence-corrected chi connectivity index (χ1v) is 6.47. The fraction of sp³-hybridized carbons (Fsp3) is 0.917. The molecule has 0 atom stereocenters. The molecule has 1 saturated carbocycles. The van der Waals surface area contributed by atoms with E-state index >= 15 is 0 Å². The molecular formula is C12H23N3O2. The van der Waals surface area contributed by atoms with Crippen molar-refractivity contribution >= 4 is 5.91 Å². The number of hydrogen-bond acceptors (Lipinski definition) is 4. The zero-order valence-corrected chi connectivity index (χ0v) is 10.6. The van der Waals surface area contributed by atoms with E-state index in [2.05, 4.69) is 11.9 Å². The predicted octanol–water partition coefficient (Wildman–Crippen LogP) is -0.486. The quantitative estimate of drug-likeness (QED) is 0.722. The molecule has 1 saturated heterocycles. The van der Waals surface area contributed by atoms with E-state index in [1.165, 1.54) is 0 Å². The number of carbonyl (C=O) groups excluding carboxylic acids is 1. The van der Waals surface area contributed by atoms with Crippen LogP contribution in [0.5, 0.6) is 0 Å². The van der Waals surface area contributed by atoms with E-state index in [1.807, 2.05) is 4.90 Å². The third kappa shape index (κ3) is 3.40. The molecule has 1 heterocycles. The van der Waals surface area contributed by atoms with Gasteiger partial charge in [-0.15, -0.1) is 0 Å². The minimum absolute atomic E-state index is 0.134. The van der Waals surface area contributed by atoms with Crippen molar-refractivity contribution in [1.82, 2.24) is 9.80 Å². The van der Waals surface area contributed by atoms with Crippen molar-refractivity contribution in [3.63, 3.8) is 0 Å². The average Bonchev–Trinajstić information content (AvgIpc) is 2.28. The van der Waals surface area contributed by atoms with Gasteiger partial charge in [-0.3, -0.25) is 4.79 Å². The van der Waals surface area contributed by atoms with Crippen LogP contribution in [0.1, 0.15) is 12.8 Å². The molecule has 2 N–H and O–H groups in total. The minimum Gasteiger partial charge on any atom is -0.368 e. The summed E-state index contributed by atoms with van der Waals surface area (Å²) in [6.07, 6.45) is 2.30. The fourth-order valence-corrected chi connectivity index (χ4v) is 2.34. The highest BCUT2D eigenvalue weighted by Gasteiger charge is 2.29. The van der Waals surface area contributed by atoms with Crippen LogP contribution < -0.4 is 5.73 Å². The van der Waals surface area contributed by atoms with Crippen molar-refractivity contribution in [2.45, 2.75) is 18.9 Å². The molecule has 1 aliphatic carbocycles. The van der Waals surface area contributed by atoms with Crippen LogP contribution in [0.3, 0.4) is 0 Å². The number of hydrogen-bond donors (Lipinski definition) is 1. The Labute approximate surface area is 103 Å². The fourth-order valence-electron chi connectivity index (χ4n) is 2.34. The monoisotopic (exact) mass is 241 g/mol. The molecule has 0 aromatic rings. The van der Waals surface area contributed by atoms with Crippen LogP contribution in [0.4, 0.5) is 0 Å². The van der Waals surface area contributed by atoms with Crippen LogP contribution in [-0.2, 0) is 9.53 Å². The summed E-state index contributed by atoms with van der Waals surface area (Å²) in [6.45, 7) is 4.57. The van der Waals surface area contributed by atoms with Crippen molar-refractivity contribution in [1.29, 1.82) is 0 Å². The number of likely N-dealkylation sites (N-methyl/N-ethyl adjacent to an activating group) is 1. The number of carbonyl (C=O) groups is 1. The lowest BCUT2D eigenvalue weighted by Crippen LogP contribution is -2.49. The van der Waals surface area contributed by atoms with Crippen LogP contribution in [0.2, 0.25) is 0 Å². The summed E-state index contributed by atoms with van der Waals surface area (Å²) in [5, 5.41) is 0. The van der Waals surface area contributed by atoms with Gasteiger partial charge in [0.15, 0.2) is 0 Å². The maximum absolute atomic E-state index is 11.9. The number of piperazine rings is 1. The number of rotatable bonds is 4. The van der Waals surface area contributed by atoms with Crippen LogP contribution >= 0.6 is 0 Å². The lowest BCUT2D eigenvalue weighted by molar-refractivity contribution is -0.142. The Kier molecular flexibility index (Phi) is 4.36. The standard InChI is InChI=1S/C12H23N3O2/c1-14-2-4-15(5-3-14)12(16)9-17-11-6-10(7-11)8-13/h10-11H,2-9,13H2,1H3. The Hall–Kier alpha value is -0.650. The molecule has 2 aliphatic rings. The Bertz CT molecular complexity index is 258. The maximum Gasteiger partial charge on any atom is 0.248 e. The molecule has 0 radical (unpaired) electrons. The number of ether oxygens (including phenoxy) is 1. The van der Waals surface area contributed by atoms with Gasteiger partial charge >= 0.3 is 0 Å². The third-order valence-corrected chi connectivity index (χ3v) is 3.82. The van der Waals surface area contributed by atoms with Gasteiger partial charge in [-0.25, -0.2) is 0 Å². The number of amides is 1. The largest absolute Gasteiger partial charge is 0.368 e. The molecule has 5 nitrogen and oxygen atoms in total. The molecule has 0 bridgehead atoms. The Morgan fingerprint density at radius 1 is 1.29 bits per heavy atom. The Morgan fingerprint density at radius 2 is 1.94 bits per heavy atom. The summed E-state index contributed by atoms with van der Waals surface area (Å²) in [7, 11) is 2.08. The molecular weight excluding hydrogens is 218 g/mol. The second kappa shape index (κ2) is 5.80. The van der Waals surface area contributed by atoms with Crippen molar-refractivity contribution in [3.05, 3.63) is 0 Å². The van der Waals surface area contributed by atoms with Gasteiger partial charge in [-0.05, 0) is 32.4 Å². The van der Waals surface area contributed by atoms with E-state index in [0.29, 0.717) is 5.92 Å². The molecule has 0 aromatic carbocycles. The normalized spacial score (nSPS) is 30.1. The predicted molar refractivity (Wildman–Crippen MR) is 65.6 cm³/mol. The second-order valence-electron chi connectivity index (χ2n) is 5.19. The highest BCUT2D eigenvalue weighted by Crippen LogP contribution is 2.28. The molecule has 0 unspecified atom stereocenters. The maximum atomic E-state index is 11.9. The Morgan fingerprint density at radius 3 is 2.53 bits per heavy atom. The molecule has 2 rings (SSSR count). The van der Waals surface area contributed by atoms with Gasteiger partial charge in [0.2, 0.25) is 5.91 Å². The van der Waals surface area contributed by atoms with Crippen molar-refractivity contribution in [3.8, 4) is 0 Å². The van der Waals surface area contributed by atoms with Gasteiger partial charge in [0, 0.05) is 26.2 Å². The van der Waals surface area contributed by atoms with Gasteiger partial charge in [0.1, 0.15) is 6.61 Å². The molecule has 2 fully saturated rings. The summed E-state index contributed by atoms with van der Waals surface area (Å²) < 4.78 is 5.59. The smallest absolute Gasteiger partial charge is 0.248 e. The van der Waals surface area contributed by atoms with E-state index in [9.17, 15) is 4.79 Å².